The minimum Gasteiger partial charge on any atom is -0.554 e. The summed E-state index contributed by atoms with van der Waals surface area (Å²) in [6, 6.07) is 15.1. The Kier molecular flexibility index (Phi) is 8.05. The quantitative estimate of drug-likeness (QED) is 0.270. The van der Waals surface area contributed by atoms with Gasteiger partial charge in [0.15, 0.2) is 11.9 Å². The molecule has 2 atom stereocenters. The second-order valence-corrected chi connectivity index (χ2v) is 10.2. The molecular weight excluding hydrogens is 470 g/mol. The number of esters is 1. The van der Waals surface area contributed by atoms with Crippen LogP contribution in [0.4, 0.5) is 0 Å². The third-order valence-electron chi connectivity index (χ3n) is 7.59. The van der Waals surface area contributed by atoms with E-state index < -0.39 is 18.0 Å². The summed E-state index contributed by atoms with van der Waals surface area (Å²) in [4.78, 5) is 33.0. The van der Waals surface area contributed by atoms with Crippen molar-refractivity contribution in [1.82, 2.24) is 0 Å². The molecule has 0 saturated carbocycles. The van der Waals surface area contributed by atoms with E-state index in [1.165, 1.54) is 5.57 Å². The van der Waals surface area contributed by atoms with Crippen LogP contribution in [0.2, 0.25) is 0 Å². The van der Waals surface area contributed by atoms with E-state index in [1.807, 2.05) is 60.7 Å². The van der Waals surface area contributed by atoms with Gasteiger partial charge in [0, 0.05) is 30.4 Å². The number of aliphatic hydroxyl groups is 1. The molecule has 1 aliphatic heterocycles. The number of unbranched alkanes of at least 4 members (excludes halogenated alkanes) is 1. The van der Waals surface area contributed by atoms with Crippen molar-refractivity contribution >= 4 is 18.2 Å². The van der Waals surface area contributed by atoms with Crippen molar-refractivity contribution in [2.45, 2.75) is 43.8 Å². The van der Waals surface area contributed by atoms with E-state index in [0.717, 1.165) is 60.9 Å². The maximum absolute atomic E-state index is 13.4. The molecule has 1 unspecified atom stereocenters. The normalized spacial score (nSPS) is 22.8. The Morgan fingerprint density at radius 2 is 1.73 bits per heavy atom. The number of quaternary nitrogens is 1. The highest BCUT2D eigenvalue weighted by atomic mass is 16.6. The molecule has 1 saturated heterocycles. The van der Waals surface area contributed by atoms with Crippen LogP contribution in [0, 0.1) is 0 Å². The Bertz CT molecular complexity index is 1190. The minimum atomic E-state index is -1.76. The number of hydrogen-bond donors (Lipinski definition) is 1. The lowest BCUT2D eigenvalue weighted by molar-refractivity contribution is -0.899. The Balaban J connectivity index is 0.00000102. The van der Waals surface area contributed by atoms with Gasteiger partial charge in [0.05, 0.1) is 20.1 Å². The first-order valence-electron chi connectivity index (χ1n) is 12.7. The van der Waals surface area contributed by atoms with Crippen LogP contribution < -0.4 is 5.11 Å². The van der Waals surface area contributed by atoms with Crippen LogP contribution in [0.15, 0.2) is 72.3 Å². The molecule has 0 radical (unpaired) electrons. The van der Waals surface area contributed by atoms with E-state index in [0.29, 0.717) is 17.5 Å². The molecule has 0 amide bonds. The second-order valence-electron chi connectivity index (χ2n) is 10.2. The minimum absolute atomic E-state index is 0.175. The van der Waals surface area contributed by atoms with Crippen LogP contribution in [0.25, 0.3) is 11.1 Å². The summed E-state index contributed by atoms with van der Waals surface area (Å²) in [6.45, 7) is 2.25. The first-order valence-corrected chi connectivity index (χ1v) is 12.7. The Hall–Kier alpha value is -3.55. The van der Waals surface area contributed by atoms with E-state index in [4.69, 9.17) is 14.6 Å². The third kappa shape index (κ3) is 5.58. The van der Waals surface area contributed by atoms with Gasteiger partial charge < -0.3 is 24.2 Å². The van der Waals surface area contributed by atoms with Crippen LogP contribution in [0.1, 0.15) is 43.2 Å². The second kappa shape index (κ2) is 11.2. The van der Waals surface area contributed by atoms with Crippen molar-refractivity contribution in [3.63, 3.8) is 0 Å². The number of nitrogens with zero attached hydrogens (tertiary/aromatic N) is 1. The summed E-state index contributed by atoms with van der Waals surface area (Å²) in [5.41, 5.74) is 2.46. The number of fused-ring (bicyclic) bond motifs is 3. The number of likely N-dealkylation sites (tertiary alicyclic amines) is 1. The zero-order valence-electron chi connectivity index (χ0n) is 21.1. The van der Waals surface area contributed by atoms with Gasteiger partial charge in [0.1, 0.15) is 6.54 Å². The molecule has 0 bridgehead atoms. The summed E-state index contributed by atoms with van der Waals surface area (Å²) in [7, 11) is 2.22. The smallest absolute Gasteiger partial charge is 0.348 e. The lowest BCUT2D eigenvalue weighted by Gasteiger charge is -2.30. The number of hydrogen-bond acceptors (Lipinski definition) is 6. The number of likely N-dealkylation sites (N-methyl/N-ethyl adjacent to an activating group) is 1. The fourth-order valence-electron chi connectivity index (χ4n) is 5.67. The number of rotatable bonds is 7. The predicted octanol–water partition coefficient (Wildman–Crippen LogP) is 2.66. The van der Waals surface area contributed by atoms with Gasteiger partial charge in [-0.25, -0.2) is 4.79 Å². The van der Waals surface area contributed by atoms with Gasteiger partial charge >= 0.3 is 5.97 Å². The molecule has 2 aromatic rings. The molecule has 1 N–H and O–H groups in total. The van der Waals surface area contributed by atoms with Crippen molar-refractivity contribution in [2.24, 2.45) is 0 Å². The lowest BCUT2D eigenvalue weighted by Crippen LogP contribution is -2.44. The number of ether oxygens (including phenoxy) is 1. The van der Waals surface area contributed by atoms with Gasteiger partial charge in [0.25, 0.3) is 0 Å². The van der Waals surface area contributed by atoms with E-state index >= 15 is 0 Å². The average Bonchev–Trinajstić information content (AvgIpc) is 3.40. The number of benzene rings is 2. The van der Waals surface area contributed by atoms with Gasteiger partial charge in [-0.15, -0.1) is 0 Å². The van der Waals surface area contributed by atoms with E-state index in [-0.39, 0.29) is 11.9 Å². The van der Waals surface area contributed by atoms with Gasteiger partial charge in [-0.3, -0.25) is 4.79 Å². The lowest BCUT2D eigenvalue weighted by atomic mass is 9.91. The van der Waals surface area contributed by atoms with Crippen LogP contribution >= 0.6 is 0 Å². The molecule has 0 spiro atoms. The SMILES string of the molecule is C[N+]1(CCCCC2=CCC(=O)C=C2)CC[C@@H](OC(=O)C2(O)c3ccccc3-c3ccccc32)C1.O=C[O-]. The monoisotopic (exact) mass is 503 g/mol. The number of carbonyl (C=O) groups excluding carboxylic acids is 3. The standard InChI is InChI=1S/C29H32NO4.CH2O2/c1-30(18-7-6-8-21-13-15-22(31)16-14-21)19-17-23(20-30)34-28(32)29(33)26-11-4-2-9-24(26)25-10-3-5-12-27(25)29;2-1-3/h2-5,9-15,23,33H,6-8,16-20H2,1H3;1H,(H,2,3)/q+1;/p-1/t23-,30?;/m1./s1. The van der Waals surface area contributed by atoms with Crippen LogP contribution in [-0.4, -0.2) is 60.6 Å². The third-order valence-corrected chi connectivity index (χ3v) is 7.59. The molecule has 2 aliphatic carbocycles. The molecule has 5 rings (SSSR count). The zero-order valence-corrected chi connectivity index (χ0v) is 21.1. The maximum atomic E-state index is 13.4. The summed E-state index contributed by atoms with van der Waals surface area (Å²) in [5.74, 6) is -0.400. The number of carboxylic acid groups (broad SMARTS) is 1. The summed E-state index contributed by atoms with van der Waals surface area (Å²) in [6.07, 6.45) is 9.94. The van der Waals surface area contributed by atoms with Crippen molar-refractivity contribution in [2.75, 3.05) is 26.7 Å². The molecule has 0 aromatic heterocycles. The number of allylic oxidation sites excluding steroid dienone is 4. The van der Waals surface area contributed by atoms with Crippen LogP contribution in [0.3, 0.4) is 0 Å². The number of carbonyl (C=O) groups is 3. The van der Waals surface area contributed by atoms with Gasteiger partial charge in [-0.1, -0.05) is 66.3 Å². The van der Waals surface area contributed by atoms with Crippen molar-refractivity contribution in [3.8, 4) is 11.1 Å². The van der Waals surface area contributed by atoms with Gasteiger partial charge in [-0.05, 0) is 36.5 Å². The molecule has 2 aromatic carbocycles. The molecule has 194 valence electrons. The Morgan fingerprint density at radius 1 is 1.11 bits per heavy atom. The first-order chi connectivity index (χ1) is 17.8. The Morgan fingerprint density at radius 3 is 2.32 bits per heavy atom. The molecule has 3 aliphatic rings. The van der Waals surface area contributed by atoms with E-state index in [9.17, 15) is 14.7 Å². The highest BCUT2D eigenvalue weighted by molar-refractivity contribution is 5.96. The fourth-order valence-corrected chi connectivity index (χ4v) is 5.67. The first kappa shape index (κ1) is 26.5. The summed E-state index contributed by atoms with van der Waals surface area (Å²) in [5, 5.41) is 19.9. The van der Waals surface area contributed by atoms with Crippen molar-refractivity contribution < 1.29 is 33.8 Å². The van der Waals surface area contributed by atoms with Crippen LogP contribution in [-0.2, 0) is 24.7 Å². The average molecular weight is 504 g/mol. The predicted molar refractivity (Wildman–Crippen MR) is 137 cm³/mol. The highest BCUT2D eigenvalue weighted by Gasteiger charge is 2.50. The fraction of sp³-hybridized carbons (Fsp3) is 0.367. The van der Waals surface area contributed by atoms with Crippen molar-refractivity contribution in [3.05, 3.63) is 83.5 Å². The Labute approximate surface area is 217 Å². The molecule has 37 heavy (non-hydrogen) atoms. The molecular formula is C30H33NO6. The van der Waals surface area contributed by atoms with Gasteiger partial charge in [-0.2, -0.15) is 0 Å². The van der Waals surface area contributed by atoms with E-state index in [2.05, 4.69) is 7.05 Å². The number of ketones is 1. The summed E-state index contributed by atoms with van der Waals surface area (Å²) >= 11 is 0. The molecule has 7 nitrogen and oxygen atoms in total. The van der Waals surface area contributed by atoms with Crippen molar-refractivity contribution in [1.29, 1.82) is 0 Å². The largest absolute Gasteiger partial charge is 0.554 e. The highest BCUT2D eigenvalue weighted by Crippen LogP contribution is 2.48. The zero-order chi connectivity index (χ0) is 26.5. The van der Waals surface area contributed by atoms with Gasteiger partial charge in [0.2, 0.25) is 5.60 Å². The molecule has 1 heterocycles. The molecule has 1 fully saturated rings. The van der Waals surface area contributed by atoms with E-state index in [1.54, 1.807) is 6.08 Å². The maximum Gasteiger partial charge on any atom is 0.348 e. The summed E-state index contributed by atoms with van der Waals surface area (Å²) < 4.78 is 6.84. The molecule has 7 heteroatoms. The van der Waals surface area contributed by atoms with Crippen LogP contribution in [0.5, 0.6) is 0 Å². The topological polar surface area (TPSA) is 104 Å².